The van der Waals surface area contributed by atoms with Gasteiger partial charge in [0.1, 0.15) is 5.75 Å². The lowest BCUT2D eigenvalue weighted by Gasteiger charge is -2.29. The van der Waals surface area contributed by atoms with Gasteiger partial charge >= 0.3 is 6.18 Å². The summed E-state index contributed by atoms with van der Waals surface area (Å²) in [6.45, 7) is 1.09. The monoisotopic (exact) mass is 440 g/mol. The van der Waals surface area contributed by atoms with Gasteiger partial charge in [0.15, 0.2) is 12.4 Å². The maximum Gasteiger partial charge on any atom is 0.416 e. The van der Waals surface area contributed by atoms with E-state index in [-0.39, 0.29) is 36.1 Å². The van der Waals surface area contributed by atoms with E-state index >= 15 is 0 Å². The highest BCUT2D eigenvalue weighted by Crippen LogP contribution is 2.35. The number of rotatable bonds is 5. The molecular formula is C20H16ClF3N2O4. The molecule has 10 heteroatoms. The number of halogens is 4. The molecule has 2 aromatic rings. The van der Waals surface area contributed by atoms with Crippen LogP contribution in [0.15, 0.2) is 36.4 Å². The molecule has 1 aliphatic heterocycles. The van der Waals surface area contributed by atoms with Gasteiger partial charge < -0.3 is 15.0 Å². The van der Waals surface area contributed by atoms with Crippen LogP contribution < -0.4 is 15.0 Å². The molecule has 1 heterocycles. The number of Topliss-reactive ketones (excluding diaryl/α,β-unsaturated/α-hetero) is 1. The van der Waals surface area contributed by atoms with Gasteiger partial charge in [0.05, 0.1) is 22.0 Å². The number of anilines is 2. The van der Waals surface area contributed by atoms with Gasteiger partial charge in [-0.05, 0) is 43.3 Å². The van der Waals surface area contributed by atoms with Gasteiger partial charge in [-0.3, -0.25) is 14.4 Å². The van der Waals surface area contributed by atoms with Gasteiger partial charge in [-0.1, -0.05) is 11.6 Å². The average molecular weight is 441 g/mol. The van der Waals surface area contributed by atoms with E-state index in [4.69, 9.17) is 16.3 Å². The van der Waals surface area contributed by atoms with Gasteiger partial charge in [-0.25, -0.2) is 0 Å². The van der Waals surface area contributed by atoms with Crippen molar-refractivity contribution in [1.29, 1.82) is 0 Å². The molecule has 0 fully saturated rings. The predicted octanol–water partition coefficient (Wildman–Crippen LogP) is 4.32. The molecule has 0 bridgehead atoms. The lowest BCUT2D eigenvalue weighted by atomic mass is 10.1. The molecule has 0 radical (unpaired) electrons. The second-order valence-electron chi connectivity index (χ2n) is 6.56. The number of carbonyl (C=O) groups excluding carboxylic acids is 3. The first-order valence-electron chi connectivity index (χ1n) is 8.81. The minimum atomic E-state index is -4.58. The summed E-state index contributed by atoms with van der Waals surface area (Å²) in [4.78, 5) is 37.5. The number of hydrogen-bond acceptors (Lipinski definition) is 4. The molecule has 3 rings (SSSR count). The number of hydrogen-bond donors (Lipinski definition) is 1. The Bertz CT molecular complexity index is 1020. The Morgan fingerprint density at radius 2 is 1.93 bits per heavy atom. The number of ether oxygens (including phenoxy) is 1. The van der Waals surface area contributed by atoms with E-state index in [9.17, 15) is 27.6 Å². The van der Waals surface area contributed by atoms with Crippen LogP contribution in [0.1, 0.15) is 29.3 Å². The first-order chi connectivity index (χ1) is 14.1. The van der Waals surface area contributed by atoms with Gasteiger partial charge in [0.25, 0.3) is 5.91 Å². The van der Waals surface area contributed by atoms with Crippen LogP contribution >= 0.6 is 11.6 Å². The van der Waals surface area contributed by atoms with Crippen LogP contribution in [0, 0.1) is 0 Å². The number of fused-ring (bicyclic) bond motifs is 1. The topological polar surface area (TPSA) is 75.7 Å². The Hall–Kier alpha value is -3.07. The zero-order valence-corrected chi connectivity index (χ0v) is 16.4. The summed E-state index contributed by atoms with van der Waals surface area (Å²) in [6.07, 6.45) is -4.79. The molecule has 0 aliphatic carbocycles. The van der Waals surface area contributed by atoms with E-state index in [0.717, 1.165) is 18.2 Å². The standard InChI is InChI=1S/C20H16ClF3N2O4/c1-11(27)12-2-5-17-16(8-12)26(19(29)10-30-17)7-6-18(28)25-15-9-13(20(22,23)24)3-4-14(15)21/h2-5,8-9H,6-7,10H2,1H3,(H,25,28). The van der Waals surface area contributed by atoms with Gasteiger partial charge in [0, 0.05) is 18.5 Å². The van der Waals surface area contributed by atoms with Crippen LogP contribution in [0.25, 0.3) is 0 Å². The molecule has 0 saturated heterocycles. The van der Waals surface area contributed by atoms with Crippen molar-refractivity contribution in [3.63, 3.8) is 0 Å². The van der Waals surface area contributed by atoms with Crippen LogP contribution in [0.2, 0.25) is 5.02 Å². The Balaban J connectivity index is 1.73. The maximum atomic E-state index is 12.9. The van der Waals surface area contributed by atoms with Crippen LogP contribution in [-0.4, -0.2) is 30.7 Å². The van der Waals surface area contributed by atoms with Crippen molar-refractivity contribution < 1.29 is 32.3 Å². The van der Waals surface area contributed by atoms with Crippen LogP contribution in [0.5, 0.6) is 5.75 Å². The van der Waals surface area contributed by atoms with E-state index in [0.29, 0.717) is 17.0 Å². The molecule has 6 nitrogen and oxygen atoms in total. The van der Waals surface area contributed by atoms with Crippen molar-refractivity contribution in [3.05, 3.63) is 52.5 Å². The highest BCUT2D eigenvalue weighted by atomic mass is 35.5. The summed E-state index contributed by atoms with van der Waals surface area (Å²) in [6, 6.07) is 7.23. The Morgan fingerprint density at radius 1 is 1.20 bits per heavy atom. The molecule has 2 amide bonds. The summed E-state index contributed by atoms with van der Waals surface area (Å²) in [5.41, 5.74) is -0.401. The van der Waals surface area contributed by atoms with Crippen LogP contribution in [-0.2, 0) is 15.8 Å². The quantitative estimate of drug-likeness (QED) is 0.703. The zero-order valence-electron chi connectivity index (χ0n) is 15.7. The number of benzene rings is 2. The van der Waals surface area contributed by atoms with Gasteiger partial charge in [-0.2, -0.15) is 13.2 Å². The van der Waals surface area contributed by atoms with Crippen molar-refractivity contribution in [3.8, 4) is 5.75 Å². The average Bonchev–Trinajstić information content (AvgIpc) is 2.67. The summed E-state index contributed by atoms with van der Waals surface area (Å²) in [5, 5.41) is 2.29. The molecule has 2 aromatic carbocycles. The van der Waals surface area contributed by atoms with Gasteiger partial charge in [0.2, 0.25) is 5.91 Å². The third kappa shape index (κ3) is 4.73. The fourth-order valence-electron chi connectivity index (χ4n) is 2.89. The maximum absolute atomic E-state index is 12.9. The largest absolute Gasteiger partial charge is 0.482 e. The highest BCUT2D eigenvalue weighted by Gasteiger charge is 2.31. The SMILES string of the molecule is CC(=O)c1ccc2c(c1)N(CCC(=O)Nc1cc(C(F)(F)F)ccc1Cl)C(=O)CO2. The van der Waals surface area contributed by atoms with Crippen molar-refractivity contribution in [2.45, 2.75) is 19.5 Å². The van der Waals surface area contributed by atoms with E-state index in [2.05, 4.69) is 5.32 Å². The van der Waals surface area contributed by atoms with Crippen molar-refractivity contribution in [2.75, 3.05) is 23.4 Å². The Labute approximate surface area is 174 Å². The Kier molecular flexibility index (Phi) is 6.02. The number of ketones is 1. The number of nitrogens with one attached hydrogen (secondary N) is 1. The highest BCUT2D eigenvalue weighted by molar-refractivity contribution is 6.33. The summed E-state index contributed by atoms with van der Waals surface area (Å²) < 4.78 is 43.9. The number of nitrogens with zero attached hydrogens (tertiary/aromatic N) is 1. The van der Waals surface area contributed by atoms with E-state index < -0.39 is 23.6 Å². The van der Waals surface area contributed by atoms with Crippen molar-refractivity contribution in [2.24, 2.45) is 0 Å². The molecule has 30 heavy (non-hydrogen) atoms. The number of alkyl halides is 3. The summed E-state index contributed by atoms with van der Waals surface area (Å²) in [7, 11) is 0. The summed E-state index contributed by atoms with van der Waals surface area (Å²) in [5.74, 6) is -0.846. The second kappa shape index (κ2) is 8.35. The molecule has 0 aromatic heterocycles. The van der Waals surface area contributed by atoms with E-state index in [1.807, 2.05) is 0 Å². The first-order valence-corrected chi connectivity index (χ1v) is 9.19. The number of amides is 2. The molecule has 1 aliphatic rings. The Morgan fingerprint density at radius 3 is 2.60 bits per heavy atom. The van der Waals surface area contributed by atoms with Crippen LogP contribution in [0.4, 0.5) is 24.5 Å². The smallest absolute Gasteiger partial charge is 0.416 e. The lowest BCUT2D eigenvalue weighted by molar-refractivity contribution is -0.137. The minimum Gasteiger partial charge on any atom is -0.482 e. The van der Waals surface area contributed by atoms with E-state index in [1.54, 1.807) is 12.1 Å². The molecule has 0 saturated carbocycles. The summed E-state index contributed by atoms with van der Waals surface area (Å²) >= 11 is 5.88. The molecule has 158 valence electrons. The second-order valence-corrected chi connectivity index (χ2v) is 6.97. The van der Waals surface area contributed by atoms with Crippen molar-refractivity contribution in [1.82, 2.24) is 0 Å². The third-order valence-corrected chi connectivity index (χ3v) is 4.77. The van der Waals surface area contributed by atoms with Crippen molar-refractivity contribution >= 4 is 40.6 Å². The molecule has 1 N–H and O–H groups in total. The van der Waals surface area contributed by atoms with E-state index in [1.165, 1.54) is 17.9 Å². The molecule has 0 spiro atoms. The fraction of sp³-hybridized carbons (Fsp3) is 0.250. The third-order valence-electron chi connectivity index (χ3n) is 4.44. The van der Waals surface area contributed by atoms with Crippen LogP contribution in [0.3, 0.4) is 0 Å². The molecule has 0 unspecified atom stereocenters. The normalized spacial score (nSPS) is 13.5. The first kappa shape index (κ1) is 21.6. The lowest BCUT2D eigenvalue weighted by Crippen LogP contribution is -2.40. The molecular weight excluding hydrogens is 425 g/mol. The fourth-order valence-corrected chi connectivity index (χ4v) is 3.05. The molecule has 0 atom stereocenters. The minimum absolute atomic E-state index is 0.0461. The predicted molar refractivity (Wildman–Crippen MR) is 104 cm³/mol. The number of carbonyl (C=O) groups is 3. The zero-order chi connectivity index (χ0) is 22.1. The van der Waals surface area contributed by atoms with Gasteiger partial charge in [-0.15, -0.1) is 0 Å².